The summed E-state index contributed by atoms with van der Waals surface area (Å²) in [7, 11) is 0. The second kappa shape index (κ2) is 8.18. The van der Waals surface area contributed by atoms with Crippen molar-refractivity contribution in [2.75, 3.05) is 12.4 Å². The Hall–Kier alpha value is -2.61. The molecule has 1 aliphatic rings. The third-order valence-electron chi connectivity index (χ3n) is 3.82. The maximum atomic E-state index is 12.1. The first-order chi connectivity index (χ1) is 12.6. The van der Waals surface area contributed by atoms with E-state index in [0.717, 1.165) is 12.0 Å². The first kappa shape index (κ1) is 18.2. The van der Waals surface area contributed by atoms with Crippen molar-refractivity contribution in [2.45, 2.75) is 26.8 Å². The fourth-order valence-corrected chi connectivity index (χ4v) is 3.37. The van der Waals surface area contributed by atoms with Gasteiger partial charge in [0.15, 0.2) is 0 Å². The fraction of sp³-hybridized carbons (Fsp3) is 0.333. The predicted molar refractivity (Wildman–Crippen MR) is 96.8 cm³/mol. The summed E-state index contributed by atoms with van der Waals surface area (Å²) in [6, 6.07) is 7.92. The number of nitrogens with zero attached hydrogens (tertiary/aromatic N) is 3. The minimum atomic E-state index is -0.475. The van der Waals surface area contributed by atoms with Crippen molar-refractivity contribution in [1.29, 1.82) is 0 Å². The van der Waals surface area contributed by atoms with Gasteiger partial charge in [-0.05, 0) is 18.9 Å². The van der Waals surface area contributed by atoms with Crippen LogP contribution in [-0.4, -0.2) is 39.3 Å². The van der Waals surface area contributed by atoms with Crippen molar-refractivity contribution >= 4 is 23.6 Å². The Morgan fingerprint density at radius 3 is 2.81 bits per heavy atom. The highest BCUT2D eigenvalue weighted by Gasteiger charge is 2.29. The van der Waals surface area contributed by atoms with Crippen molar-refractivity contribution in [3.8, 4) is 11.4 Å². The van der Waals surface area contributed by atoms with Crippen LogP contribution in [-0.2, 0) is 27.3 Å². The number of ether oxygens (including phenoxy) is 1. The molecule has 1 amide bonds. The first-order valence-corrected chi connectivity index (χ1v) is 9.32. The monoisotopic (exact) mass is 373 g/mol. The highest BCUT2D eigenvalue weighted by atomic mass is 32.2. The SMILES string of the molecule is CCOC(=O)/C=C1\SCC(=O)N1Cc1nc(-c2ccc(CC)cc2)no1. The van der Waals surface area contributed by atoms with E-state index in [9.17, 15) is 9.59 Å². The van der Waals surface area contributed by atoms with E-state index in [1.165, 1.54) is 28.3 Å². The second-order valence-corrected chi connectivity index (χ2v) is 6.56. The van der Waals surface area contributed by atoms with Crippen molar-refractivity contribution < 1.29 is 18.8 Å². The Bertz CT molecular complexity index is 829. The Morgan fingerprint density at radius 1 is 1.35 bits per heavy atom. The van der Waals surface area contributed by atoms with Gasteiger partial charge in [-0.25, -0.2) is 4.79 Å². The van der Waals surface area contributed by atoms with Gasteiger partial charge >= 0.3 is 5.97 Å². The maximum absolute atomic E-state index is 12.1. The topological polar surface area (TPSA) is 85.5 Å². The van der Waals surface area contributed by atoms with Gasteiger partial charge in [0.1, 0.15) is 6.54 Å². The van der Waals surface area contributed by atoms with Gasteiger partial charge in [-0.3, -0.25) is 9.69 Å². The number of aryl methyl sites for hydroxylation is 1. The van der Waals surface area contributed by atoms with Crippen molar-refractivity contribution in [1.82, 2.24) is 15.0 Å². The van der Waals surface area contributed by atoms with Crippen LogP contribution >= 0.6 is 11.8 Å². The van der Waals surface area contributed by atoms with Crippen LogP contribution in [0.3, 0.4) is 0 Å². The second-order valence-electron chi connectivity index (χ2n) is 5.57. The summed E-state index contributed by atoms with van der Waals surface area (Å²) in [4.78, 5) is 29.6. The maximum Gasteiger partial charge on any atom is 0.333 e. The van der Waals surface area contributed by atoms with Crippen LogP contribution < -0.4 is 0 Å². The minimum Gasteiger partial charge on any atom is -0.463 e. The van der Waals surface area contributed by atoms with Gasteiger partial charge in [0.05, 0.1) is 23.5 Å². The minimum absolute atomic E-state index is 0.113. The average molecular weight is 373 g/mol. The summed E-state index contributed by atoms with van der Waals surface area (Å²) in [6.45, 7) is 4.23. The Labute approximate surface area is 155 Å². The summed E-state index contributed by atoms with van der Waals surface area (Å²) in [6.07, 6.45) is 2.28. The van der Waals surface area contributed by atoms with E-state index in [0.29, 0.717) is 16.7 Å². The highest BCUT2D eigenvalue weighted by Crippen LogP contribution is 2.30. The molecule has 0 radical (unpaired) electrons. The number of esters is 1. The van der Waals surface area contributed by atoms with Gasteiger partial charge in [-0.15, -0.1) is 0 Å². The molecule has 0 N–H and O–H groups in total. The van der Waals surface area contributed by atoms with E-state index >= 15 is 0 Å². The van der Waals surface area contributed by atoms with Crippen molar-refractivity contribution in [3.05, 3.63) is 46.8 Å². The van der Waals surface area contributed by atoms with Gasteiger partial charge in [-0.1, -0.05) is 48.1 Å². The largest absolute Gasteiger partial charge is 0.463 e. The summed E-state index contributed by atoms with van der Waals surface area (Å²) in [5.41, 5.74) is 2.08. The standard InChI is InChI=1S/C18H19N3O4S/c1-3-12-5-7-13(8-6-12)18-19-14(25-20-18)10-21-15(22)11-26-16(21)9-17(23)24-4-2/h5-9H,3-4,10-11H2,1-2H3/b16-9-. The molecule has 0 atom stereocenters. The average Bonchev–Trinajstić information content (AvgIpc) is 3.24. The summed E-state index contributed by atoms with van der Waals surface area (Å²) in [5, 5.41) is 4.51. The normalized spacial score (nSPS) is 15.7. The molecule has 0 spiro atoms. The zero-order chi connectivity index (χ0) is 18.5. The number of hydrogen-bond donors (Lipinski definition) is 0. The number of carbonyl (C=O) groups is 2. The summed E-state index contributed by atoms with van der Waals surface area (Å²) in [5.74, 6) is 0.461. The zero-order valence-corrected chi connectivity index (χ0v) is 15.4. The van der Waals surface area contributed by atoms with Gasteiger partial charge in [0.25, 0.3) is 0 Å². The summed E-state index contributed by atoms with van der Waals surface area (Å²) >= 11 is 1.29. The highest BCUT2D eigenvalue weighted by molar-refractivity contribution is 8.04. The van der Waals surface area contributed by atoms with E-state index in [4.69, 9.17) is 9.26 Å². The molecule has 1 aromatic heterocycles. The van der Waals surface area contributed by atoms with E-state index in [1.807, 2.05) is 24.3 Å². The lowest BCUT2D eigenvalue weighted by Crippen LogP contribution is -2.24. The van der Waals surface area contributed by atoms with Crippen LogP contribution in [0.15, 0.2) is 39.9 Å². The summed E-state index contributed by atoms with van der Waals surface area (Å²) < 4.78 is 10.2. The van der Waals surface area contributed by atoms with E-state index in [-0.39, 0.29) is 24.8 Å². The molecule has 0 aliphatic carbocycles. The van der Waals surface area contributed by atoms with Crippen LogP contribution in [0.4, 0.5) is 0 Å². The molecule has 0 unspecified atom stereocenters. The lowest BCUT2D eigenvalue weighted by molar-refractivity contribution is -0.137. The Balaban J connectivity index is 1.74. The first-order valence-electron chi connectivity index (χ1n) is 8.34. The molecule has 3 rings (SSSR count). The molecule has 26 heavy (non-hydrogen) atoms. The van der Waals surface area contributed by atoms with E-state index in [2.05, 4.69) is 17.1 Å². The Morgan fingerprint density at radius 2 is 2.12 bits per heavy atom. The molecule has 8 heteroatoms. The molecule has 1 saturated heterocycles. The lowest BCUT2D eigenvalue weighted by atomic mass is 10.1. The quantitative estimate of drug-likeness (QED) is 0.568. The molecule has 1 aromatic carbocycles. The molecule has 2 heterocycles. The molecular weight excluding hydrogens is 354 g/mol. The van der Waals surface area contributed by atoms with Crippen LogP contribution in [0.25, 0.3) is 11.4 Å². The van der Waals surface area contributed by atoms with Gasteiger partial charge in [0.2, 0.25) is 17.6 Å². The Kier molecular flexibility index (Phi) is 5.72. The third kappa shape index (κ3) is 4.13. The fourth-order valence-electron chi connectivity index (χ4n) is 2.45. The number of amides is 1. The van der Waals surface area contributed by atoms with Crippen molar-refractivity contribution in [2.24, 2.45) is 0 Å². The van der Waals surface area contributed by atoms with Gasteiger partial charge in [-0.2, -0.15) is 4.98 Å². The van der Waals surface area contributed by atoms with Crippen molar-refractivity contribution in [3.63, 3.8) is 0 Å². The van der Waals surface area contributed by atoms with E-state index < -0.39 is 5.97 Å². The van der Waals surface area contributed by atoms with Crippen LogP contribution in [0.5, 0.6) is 0 Å². The van der Waals surface area contributed by atoms with Gasteiger partial charge < -0.3 is 9.26 Å². The molecule has 2 aromatic rings. The smallest absolute Gasteiger partial charge is 0.333 e. The molecule has 1 aliphatic heterocycles. The molecule has 0 bridgehead atoms. The van der Waals surface area contributed by atoms with Crippen LogP contribution in [0, 0.1) is 0 Å². The number of aromatic nitrogens is 2. The zero-order valence-electron chi connectivity index (χ0n) is 14.6. The van der Waals surface area contributed by atoms with E-state index in [1.54, 1.807) is 6.92 Å². The number of benzene rings is 1. The number of thioether (sulfide) groups is 1. The number of hydrogen-bond acceptors (Lipinski definition) is 7. The number of carbonyl (C=O) groups excluding carboxylic acids is 2. The molecular formula is C18H19N3O4S. The lowest BCUT2D eigenvalue weighted by Gasteiger charge is -2.13. The third-order valence-corrected chi connectivity index (χ3v) is 4.85. The van der Waals surface area contributed by atoms with Crippen LogP contribution in [0.1, 0.15) is 25.3 Å². The molecule has 7 nitrogen and oxygen atoms in total. The number of rotatable bonds is 6. The molecule has 0 saturated carbocycles. The molecule has 1 fully saturated rings. The molecule has 136 valence electrons. The predicted octanol–water partition coefficient (Wildman–Crippen LogP) is 2.78. The van der Waals surface area contributed by atoms with Crippen LogP contribution in [0.2, 0.25) is 0 Å². The van der Waals surface area contributed by atoms with Gasteiger partial charge in [0, 0.05) is 5.56 Å².